The van der Waals surface area contributed by atoms with Crippen molar-refractivity contribution < 1.29 is 13.5 Å². The maximum atomic E-state index is 10.8. The van der Waals surface area contributed by atoms with Gasteiger partial charge in [-0.15, -0.1) is 0 Å². The van der Waals surface area contributed by atoms with Crippen LogP contribution in [0.15, 0.2) is 18.2 Å². The summed E-state index contributed by atoms with van der Waals surface area (Å²) in [5.41, 5.74) is 0.252. The number of aromatic hydroxyl groups is 1. The van der Waals surface area contributed by atoms with Gasteiger partial charge in [0.1, 0.15) is 5.75 Å². The molecule has 0 aliphatic heterocycles. The van der Waals surface area contributed by atoms with Crippen molar-refractivity contribution in [3.8, 4) is 5.75 Å². The molecule has 0 fully saturated rings. The molecule has 0 aliphatic rings. The number of benzene rings is 1. The third kappa shape index (κ3) is 3.12. The second kappa shape index (κ2) is 3.43. The molecule has 0 aliphatic carbocycles. The highest BCUT2D eigenvalue weighted by atomic mass is 35.5. The van der Waals surface area contributed by atoms with Gasteiger partial charge in [-0.05, 0) is 12.1 Å². The van der Waals surface area contributed by atoms with Crippen LogP contribution in [-0.2, 0) is 10.0 Å². The molecule has 1 aromatic carbocycles. The minimum atomic E-state index is -3.33. The van der Waals surface area contributed by atoms with Gasteiger partial charge in [0.2, 0.25) is 10.0 Å². The smallest absolute Gasteiger partial charge is 0.229 e. The number of hydrogen-bond donors (Lipinski definition) is 2. The van der Waals surface area contributed by atoms with Gasteiger partial charge in [-0.25, -0.2) is 8.42 Å². The van der Waals surface area contributed by atoms with Crippen molar-refractivity contribution in [2.45, 2.75) is 0 Å². The summed E-state index contributed by atoms with van der Waals surface area (Å²) in [7, 11) is -3.33. The van der Waals surface area contributed by atoms with E-state index in [1.807, 2.05) is 0 Å². The molecule has 0 saturated carbocycles. The molecular formula is C7H8ClNO3S. The van der Waals surface area contributed by atoms with Gasteiger partial charge in [0, 0.05) is 6.07 Å². The fourth-order valence-corrected chi connectivity index (χ4v) is 1.64. The van der Waals surface area contributed by atoms with E-state index in [2.05, 4.69) is 4.72 Å². The normalized spacial score (nSPS) is 11.2. The largest absolute Gasteiger partial charge is 0.508 e. The monoisotopic (exact) mass is 221 g/mol. The first-order valence-electron chi connectivity index (χ1n) is 3.35. The molecule has 0 aromatic heterocycles. The third-order valence-corrected chi connectivity index (χ3v) is 2.15. The lowest BCUT2D eigenvalue weighted by molar-refractivity contribution is 0.475. The van der Waals surface area contributed by atoms with Crippen LogP contribution in [0.5, 0.6) is 5.75 Å². The van der Waals surface area contributed by atoms with Crippen LogP contribution in [0.3, 0.4) is 0 Å². The van der Waals surface area contributed by atoms with E-state index in [0.717, 1.165) is 6.26 Å². The molecule has 0 amide bonds. The second-order valence-electron chi connectivity index (χ2n) is 2.54. The summed E-state index contributed by atoms with van der Waals surface area (Å²) in [5, 5.41) is 9.13. The third-order valence-electron chi connectivity index (χ3n) is 1.25. The van der Waals surface area contributed by atoms with E-state index < -0.39 is 10.0 Å². The molecule has 0 spiro atoms. The Morgan fingerprint density at radius 2 is 2.08 bits per heavy atom. The molecule has 2 N–H and O–H groups in total. The number of anilines is 1. The predicted octanol–water partition coefficient (Wildman–Crippen LogP) is 1.42. The maximum absolute atomic E-state index is 10.8. The first-order chi connectivity index (χ1) is 5.88. The molecular weight excluding hydrogens is 214 g/mol. The van der Waals surface area contributed by atoms with Gasteiger partial charge in [0.25, 0.3) is 0 Å². The number of hydrogen-bond acceptors (Lipinski definition) is 3. The van der Waals surface area contributed by atoms with Gasteiger partial charge >= 0.3 is 0 Å². The second-order valence-corrected chi connectivity index (χ2v) is 4.69. The first kappa shape index (κ1) is 10.1. The highest BCUT2D eigenvalue weighted by Gasteiger charge is 2.05. The van der Waals surface area contributed by atoms with Crippen molar-refractivity contribution >= 4 is 27.3 Å². The first-order valence-corrected chi connectivity index (χ1v) is 5.62. The number of nitrogens with one attached hydrogen (secondary N) is 1. The lowest BCUT2D eigenvalue weighted by Gasteiger charge is -2.05. The van der Waals surface area contributed by atoms with E-state index in [1.54, 1.807) is 0 Å². The standard InChI is InChI=1S/C7H8ClNO3S/c1-13(11,12)9-7-3-2-5(10)4-6(7)8/h2-4,9-10H,1H3. The molecule has 13 heavy (non-hydrogen) atoms. The van der Waals surface area contributed by atoms with Crippen molar-refractivity contribution in [3.63, 3.8) is 0 Å². The van der Waals surface area contributed by atoms with Crippen LogP contribution >= 0.6 is 11.6 Å². The van der Waals surface area contributed by atoms with Gasteiger partial charge in [-0.1, -0.05) is 11.6 Å². The number of rotatable bonds is 2. The Morgan fingerprint density at radius 1 is 1.46 bits per heavy atom. The summed E-state index contributed by atoms with van der Waals surface area (Å²) in [4.78, 5) is 0. The van der Waals surface area contributed by atoms with Crippen molar-refractivity contribution in [3.05, 3.63) is 23.2 Å². The fraction of sp³-hybridized carbons (Fsp3) is 0.143. The minimum absolute atomic E-state index is 0.0101. The van der Waals surface area contributed by atoms with Gasteiger partial charge in [-0.3, -0.25) is 4.72 Å². The van der Waals surface area contributed by atoms with Crippen molar-refractivity contribution in [1.29, 1.82) is 0 Å². The Labute approximate surface area is 81.2 Å². The molecule has 0 unspecified atom stereocenters. The fourth-order valence-electron chi connectivity index (χ4n) is 0.787. The number of halogens is 1. The zero-order chi connectivity index (χ0) is 10.1. The Bertz CT molecular complexity index is 416. The Morgan fingerprint density at radius 3 is 2.54 bits per heavy atom. The average molecular weight is 222 g/mol. The van der Waals surface area contributed by atoms with E-state index in [0.29, 0.717) is 0 Å². The molecule has 0 bridgehead atoms. The van der Waals surface area contributed by atoms with Crippen LogP contribution in [0.25, 0.3) is 0 Å². The number of phenolic OH excluding ortho intramolecular Hbond substituents is 1. The quantitative estimate of drug-likeness (QED) is 0.743. The van der Waals surface area contributed by atoms with Gasteiger partial charge in [-0.2, -0.15) is 0 Å². The van der Waals surface area contributed by atoms with Crippen molar-refractivity contribution in [1.82, 2.24) is 0 Å². The maximum Gasteiger partial charge on any atom is 0.229 e. The average Bonchev–Trinajstić information content (AvgIpc) is 1.93. The molecule has 0 atom stereocenters. The molecule has 1 rings (SSSR count). The van der Waals surface area contributed by atoms with Crippen LogP contribution in [0.2, 0.25) is 5.02 Å². The van der Waals surface area contributed by atoms with Crippen LogP contribution < -0.4 is 4.72 Å². The van der Waals surface area contributed by atoms with E-state index >= 15 is 0 Å². The van der Waals surface area contributed by atoms with Crippen molar-refractivity contribution in [2.75, 3.05) is 11.0 Å². The molecule has 0 saturated heterocycles. The molecule has 0 radical (unpaired) electrons. The van der Waals surface area contributed by atoms with Crippen molar-refractivity contribution in [2.24, 2.45) is 0 Å². The molecule has 1 aromatic rings. The van der Waals surface area contributed by atoms with Crippen LogP contribution in [0.4, 0.5) is 5.69 Å². The van der Waals surface area contributed by atoms with Crippen LogP contribution in [0.1, 0.15) is 0 Å². The van der Waals surface area contributed by atoms with Crippen LogP contribution in [0, 0.1) is 0 Å². The minimum Gasteiger partial charge on any atom is -0.508 e. The molecule has 4 nitrogen and oxygen atoms in total. The summed E-state index contributed by atoms with van der Waals surface area (Å²) in [6.07, 6.45) is 1.02. The summed E-state index contributed by atoms with van der Waals surface area (Å²) < 4.78 is 23.8. The summed E-state index contributed by atoms with van der Waals surface area (Å²) in [5.74, 6) is -0.0101. The van der Waals surface area contributed by atoms with Gasteiger partial charge in [0.15, 0.2) is 0 Å². The lowest BCUT2D eigenvalue weighted by Crippen LogP contribution is -2.09. The zero-order valence-corrected chi connectivity index (χ0v) is 8.35. The molecule has 6 heteroatoms. The predicted molar refractivity (Wildman–Crippen MR) is 51.6 cm³/mol. The van der Waals surface area contributed by atoms with Gasteiger partial charge in [0.05, 0.1) is 17.0 Å². The number of phenols is 1. The highest BCUT2D eigenvalue weighted by Crippen LogP contribution is 2.26. The lowest BCUT2D eigenvalue weighted by atomic mass is 10.3. The zero-order valence-electron chi connectivity index (χ0n) is 6.78. The van der Waals surface area contributed by atoms with E-state index in [1.165, 1.54) is 18.2 Å². The van der Waals surface area contributed by atoms with Crippen LogP contribution in [-0.4, -0.2) is 19.8 Å². The Hall–Kier alpha value is -0.940. The summed E-state index contributed by atoms with van der Waals surface area (Å²) in [6.45, 7) is 0. The molecule has 0 heterocycles. The molecule has 72 valence electrons. The van der Waals surface area contributed by atoms with E-state index in [-0.39, 0.29) is 16.5 Å². The van der Waals surface area contributed by atoms with E-state index in [4.69, 9.17) is 16.7 Å². The summed E-state index contributed by atoms with van der Waals surface area (Å²) >= 11 is 5.65. The highest BCUT2D eigenvalue weighted by molar-refractivity contribution is 7.92. The Balaban J connectivity index is 3.04. The van der Waals surface area contributed by atoms with Gasteiger partial charge < -0.3 is 5.11 Å². The SMILES string of the molecule is CS(=O)(=O)Nc1ccc(O)cc1Cl. The van der Waals surface area contributed by atoms with E-state index in [9.17, 15) is 8.42 Å². The number of sulfonamides is 1. The Kier molecular flexibility index (Phi) is 2.68. The topological polar surface area (TPSA) is 66.4 Å². The summed E-state index contributed by atoms with van der Waals surface area (Å²) in [6, 6.07) is 3.99.